The summed E-state index contributed by atoms with van der Waals surface area (Å²) in [5.41, 5.74) is 1.89. The fraction of sp³-hybridized carbons (Fsp3) is 0.562. The van der Waals surface area contributed by atoms with Crippen LogP contribution in [0.25, 0.3) is 0 Å². The molecule has 0 aliphatic carbocycles. The first-order valence-electron chi connectivity index (χ1n) is 7.20. The topological polar surface area (TPSA) is 29.5 Å². The fourth-order valence-corrected chi connectivity index (χ4v) is 3.52. The molecule has 1 aromatic rings. The van der Waals surface area contributed by atoms with Gasteiger partial charge in [0, 0.05) is 41.8 Å². The van der Waals surface area contributed by atoms with Gasteiger partial charge < -0.3 is 4.74 Å². The molecule has 0 amide bonds. The Hall–Kier alpha value is -1.00. The third-order valence-corrected chi connectivity index (χ3v) is 4.83. The van der Waals surface area contributed by atoms with Crippen molar-refractivity contribution in [2.75, 3.05) is 24.7 Å². The maximum atomic E-state index is 11.6. The molecule has 1 aliphatic rings. The van der Waals surface area contributed by atoms with Crippen LogP contribution in [0.2, 0.25) is 0 Å². The highest BCUT2D eigenvalue weighted by molar-refractivity contribution is 7.99. The van der Waals surface area contributed by atoms with Crippen LogP contribution in [-0.2, 0) is 6.54 Å². The van der Waals surface area contributed by atoms with Crippen molar-refractivity contribution < 1.29 is 9.53 Å². The number of carbonyl (C=O) groups is 1. The first kappa shape index (κ1) is 15.4. The molecular formula is C16H23NO2S. The molecule has 3 nitrogen and oxygen atoms in total. The van der Waals surface area contributed by atoms with Crippen LogP contribution in [-0.4, -0.2) is 41.4 Å². The van der Waals surface area contributed by atoms with Crippen LogP contribution in [0.1, 0.15) is 36.7 Å². The van der Waals surface area contributed by atoms with Crippen LogP contribution < -0.4 is 4.74 Å². The zero-order valence-electron chi connectivity index (χ0n) is 12.5. The van der Waals surface area contributed by atoms with Gasteiger partial charge in [-0.3, -0.25) is 9.69 Å². The number of hydrogen-bond donors (Lipinski definition) is 0. The van der Waals surface area contributed by atoms with Crippen LogP contribution in [0.4, 0.5) is 0 Å². The SMILES string of the molecule is CCOc1ccc(C(C)=O)cc1CN1CCSCC1C. The van der Waals surface area contributed by atoms with Crippen molar-refractivity contribution in [3.8, 4) is 5.75 Å². The van der Waals surface area contributed by atoms with E-state index < -0.39 is 0 Å². The van der Waals surface area contributed by atoms with E-state index in [4.69, 9.17) is 4.74 Å². The number of Topliss-reactive ketones (excluding diaryl/α,β-unsaturated/α-hetero) is 1. The molecule has 110 valence electrons. The highest BCUT2D eigenvalue weighted by Gasteiger charge is 2.20. The van der Waals surface area contributed by atoms with Crippen LogP contribution in [0, 0.1) is 0 Å². The molecule has 1 fully saturated rings. The zero-order chi connectivity index (χ0) is 14.5. The van der Waals surface area contributed by atoms with Crippen molar-refractivity contribution in [2.45, 2.75) is 33.4 Å². The second-order valence-corrected chi connectivity index (χ2v) is 6.36. The van der Waals surface area contributed by atoms with Crippen molar-refractivity contribution in [1.29, 1.82) is 0 Å². The average molecular weight is 293 g/mol. The standard InChI is InChI=1S/C16H23NO2S/c1-4-19-16-6-5-14(13(3)18)9-15(16)10-17-7-8-20-11-12(17)2/h5-6,9,12H,4,7-8,10-11H2,1-3H3. The van der Waals surface area contributed by atoms with E-state index in [2.05, 4.69) is 11.8 Å². The third kappa shape index (κ3) is 3.76. The van der Waals surface area contributed by atoms with Crippen LogP contribution in [0.5, 0.6) is 5.75 Å². The first-order valence-corrected chi connectivity index (χ1v) is 8.35. The van der Waals surface area contributed by atoms with Gasteiger partial charge in [-0.05, 0) is 39.0 Å². The Labute approximate surface area is 125 Å². The minimum atomic E-state index is 0.108. The maximum absolute atomic E-state index is 11.6. The van der Waals surface area contributed by atoms with Crippen molar-refractivity contribution in [1.82, 2.24) is 4.90 Å². The largest absolute Gasteiger partial charge is 0.494 e. The van der Waals surface area contributed by atoms with E-state index in [1.165, 1.54) is 11.5 Å². The molecule has 0 saturated carbocycles. The molecule has 20 heavy (non-hydrogen) atoms. The fourth-order valence-electron chi connectivity index (χ4n) is 2.43. The Morgan fingerprint density at radius 3 is 2.95 bits per heavy atom. The number of hydrogen-bond acceptors (Lipinski definition) is 4. The first-order chi connectivity index (χ1) is 9.61. The van der Waals surface area contributed by atoms with Gasteiger partial charge in [0.15, 0.2) is 5.78 Å². The lowest BCUT2D eigenvalue weighted by Gasteiger charge is -2.33. The Morgan fingerprint density at radius 2 is 2.30 bits per heavy atom. The van der Waals surface area contributed by atoms with E-state index in [0.717, 1.165) is 30.0 Å². The summed E-state index contributed by atoms with van der Waals surface area (Å²) in [7, 11) is 0. The number of ether oxygens (including phenoxy) is 1. The average Bonchev–Trinajstić information content (AvgIpc) is 2.43. The number of ketones is 1. The maximum Gasteiger partial charge on any atom is 0.159 e. The van der Waals surface area contributed by atoms with E-state index in [1.54, 1.807) is 6.92 Å². The highest BCUT2D eigenvalue weighted by atomic mass is 32.2. The molecule has 0 N–H and O–H groups in total. The molecule has 1 saturated heterocycles. The van der Waals surface area contributed by atoms with E-state index in [9.17, 15) is 4.79 Å². The van der Waals surface area contributed by atoms with Gasteiger partial charge in [-0.1, -0.05) is 0 Å². The van der Waals surface area contributed by atoms with Gasteiger partial charge >= 0.3 is 0 Å². The molecular weight excluding hydrogens is 270 g/mol. The van der Waals surface area contributed by atoms with Crippen molar-refractivity contribution in [2.24, 2.45) is 0 Å². The van der Waals surface area contributed by atoms with Gasteiger partial charge in [-0.15, -0.1) is 0 Å². The molecule has 0 bridgehead atoms. The second kappa shape index (κ2) is 7.14. The Kier molecular flexibility index (Phi) is 5.49. The quantitative estimate of drug-likeness (QED) is 0.780. The minimum absolute atomic E-state index is 0.108. The van der Waals surface area contributed by atoms with E-state index in [0.29, 0.717) is 12.6 Å². The van der Waals surface area contributed by atoms with E-state index >= 15 is 0 Å². The van der Waals surface area contributed by atoms with Crippen LogP contribution >= 0.6 is 11.8 Å². The summed E-state index contributed by atoms with van der Waals surface area (Å²) in [5, 5.41) is 0. The summed E-state index contributed by atoms with van der Waals surface area (Å²) in [6.45, 7) is 8.47. The van der Waals surface area contributed by atoms with Gasteiger partial charge in [0.05, 0.1) is 6.61 Å². The third-order valence-electron chi connectivity index (χ3n) is 3.65. The van der Waals surface area contributed by atoms with Crippen LogP contribution in [0.3, 0.4) is 0 Å². The monoisotopic (exact) mass is 293 g/mol. The van der Waals surface area contributed by atoms with Crippen molar-refractivity contribution in [3.05, 3.63) is 29.3 Å². The summed E-state index contributed by atoms with van der Waals surface area (Å²) in [5.74, 6) is 3.37. The number of carbonyl (C=O) groups excluding carboxylic acids is 1. The molecule has 1 heterocycles. The molecule has 1 aromatic carbocycles. The Morgan fingerprint density at radius 1 is 1.50 bits per heavy atom. The lowest BCUT2D eigenvalue weighted by atomic mass is 10.1. The number of benzene rings is 1. The molecule has 1 aliphatic heterocycles. The van der Waals surface area contributed by atoms with Crippen LogP contribution in [0.15, 0.2) is 18.2 Å². The van der Waals surface area contributed by atoms with Gasteiger partial charge in [0.25, 0.3) is 0 Å². The zero-order valence-corrected chi connectivity index (χ0v) is 13.3. The molecule has 1 unspecified atom stereocenters. The van der Waals surface area contributed by atoms with E-state index in [1.807, 2.05) is 36.9 Å². The predicted molar refractivity (Wildman–Crippen MR) is 84.8 cm³/mol. The molecule has 2 rings (SSSR count). The second-order valence-electron chi connectivity index (χ2n) is 5.21. The highest BCUT2D eigenvalue weighted by Crippen LogP contribution is 2.25. The number of thioether (sulfide) groups is 1. The van der Waals surface area contributed by atoms with Gasteiger partial charge in [0.2, 0.25) is 0 Å². The van der Waals surface area contributed by atoms with Gasteiger partial charge in [-0.25, -0.2) is 0 Å². The normalized spacial score (nSPS) is 19.9. The minimum Gasteiger partial charge on any atom is -0.494 e. The Balaban J connectivity index is 2.22. The summed E-state index contributed by atoms with van der Waals surface area (Å²) < 4.78 is 5.71. The van der Waals surface area contributed by atoms with Gasteiger partial charge in [-0.2, -0.15) is 11.8 Å². The summed E-state index contributed by atoms with van der Waals surface area (Å²) in [6, 6.07) is 6.34. The molecule has 0 radical (unpaired) electrons. The molecule has 4 heteroatoms. The summed E-state index contributed by atoms with van der Waals surface area (Å²) in [4.78, 5) is 14.0. The molecule has 0 aromatic heterocycles. The molecule has 0 spiro atoms. The molecule has 1 atom stereocenters. The lowest BCUT2D eigenvalue weighted by Crippen LogP contribution is -2.39. The Bertz CT molecular complexity index is 476. The summed E-state index contributed by atoms with van der Waals surface area (Å²) in [6.07, 6.45) is 0. The number of nitrogens with zero attached hydrogens (tertiary/aromatic N) is 1. The van der Waals surface area contributed by atoms with Crippen molar-refractivity contribution >= 4 is 17.5 Å². The smallest absolute Gasteiger partial charge is 0.159 e. The lowest BCUT2D eigenvalue weighted by molar-refractivity contribution is 0.101. The van der Waals surface area contributed by atoms with E-state index in [-0.39, 0.29) is 5.78 Å². The van der Waals surface area contributed by atoms with Crippen molar-refractivity contribution in [3.63, 3.8) is 0 Å². The summed E-state index contributed by atoms with van der Waals surface area (Å²) >= 11 is 2.01. The number of rotatable bonds is 5. The van der Waals surface area contributed by atoms with Gasteiger partial charge in [0.1, 0.15) is 5.75 Å². The predicted octanol–water partition coefficient (Wildman–Crippen LogP) is 3.23.